The van der Waals surface area contributed by atoms with E-state index in [0.29, 0.717) is 0 Å². The average Bonchev–Trinajstić information content (AvgIpc) is 3.00. The third-order valence-corrected chi connectivity index (χ3v) is 6.86. The van der Waals surface area contributed by atoms with E-state index in [1.807, 2.05) is 0 Å². The number of hydrogen-bond acceptors (Lipinski definition) is 2. The van der Waals surface area contributed by atoms with Crippen LogP contribution in [-0.4, -0.2) is 0 Å². The topological polar surface area (TPSA) is 6.48 Å². The highest BCUT2D eigenvalue weighted by Gasteiger charge is 2.19. The highest BCUT2D eigenvalue weighted by Crippen LogP contribution is 2.42. The lowest BCUT2D eigenvalue weighted by Gasteiger charge is -2.30. The average molecular weight is 503 g/mol. The van der Waals surface area contributed by atoms with Crippen LogP contribution in [0.1, 0.15) is 5.56 Å². The molecule has 39 heavy (non-hydrogen) atoms. The maximum atomic E-state index is 2.33. The Bertz CT molecular complexity index is 1450. The van der Waals surface area contributed by atoms with E-state index in [9.17, 15) is 0 Å². The van der Waals surface area contributed by atoms with Gasteiger partial charge in [0.25, 0.3) is 0 Å². The Morgan fingerprint density at radius 3 is 0.974 bits per heavy atom. The largest absolute Gasteiger partial charge is 0.310 e. The summed E-state index contributed by atoms with van der Waals surface area (Å²) in [6.45, 7) is 2.13. The molecule has 0 aliphatic carbocycles. The van der Waals surface area contributed by atoms with Gasteiger partial charge in [0.15, 0.2) is 0 Å². The van der Waals surface area contributed by atoms with Crippen LogP contribution in [0.3, 0.4) is 0 Å². The molecule has 6 aromatic rings. The van der Waals surface area contributed by atoms with Crippen LogP contribution in [0.2, 0.25) is 0 Å². The first-order valence-electron chi connectivity index (χ1n) is 13.3. The molecule has 0 aliphatic heterocycles. The van der Waals surface area contributed by atoms with Gasteiger partial charge in [0, 0.05) is 34.1 Å². The van der Waals surface area contributed by atoms with Gasteiger partial charge < -0.3 is 9.80 Å². The molecule has 2 nitrogen and oxygen atoms in total. The van der Waals surface area contributed by atoms with Gasteiger partial charge in [-0.15, -0.1) is 0 Å². The van der Waals surface area contributed by atoms with Gasteiger partial charge in [0.2, 0.25) is 0 Å². The van der Waals surface area contributed by atoms with Gasteiger partial charge in [-0.05, 0) is 84.8 Å². The smallest absolute Gasteiger partial charge is 0.0488 e. The number of rotatable bonds is 7. The molecule has 0 heterocycles. The summed E-state index contributed by atoms with van der Waals surface area (Å²) in [6, 6.07) is 58.0. The van der Waals surface area contributed by atoms with Crippen molar-refractivity contribution in [3.05, 3.63) is 169 Å². The molecule has 0 atom stereocenters. The fourth-order valence-corrected chi connectivity index (χ4v) is 4.97. The van der Waals surface area contributed by atoms with E-state index in [4.69, 9.17) is 0 Å². The quantitative estimate of drug-likeness (QED) is 0.214. The molecule has 0 unspecified atom stereocenters. The molecule has 0 aliphatic rings. The molecule has 0 saturated carbocycles. The maximum Gasteiger partial charge on any atom is 0.0488 e. The second-order valence-electron chi connectivity index (χ2n) is 9.62. The number of para-hydroxylation sites is 4. The summed E-state index contributed by atoms with van der Waals surface area (Å²) in [5.74, 6) is 0. The van der Waals surface area contributed by atoms with Crippen molar-refractivity contribution in [1.82, 2.24) is 0 Å². The molecule has 0 saturated heterocycles. The van der Waals surface area contributed by atoms with Crippen molar-refractivity contribution < 1.29 is 0 Å². The summed E-state index contributed by atoms with van der Waals surface area (Å²) in [7, 11) is 0. The number of benzene rings is 6. The first kappa shape index (κ1) is 24.3. The minimum absolute atomic E-state index is 1.09. The molecule has 188 valence electrons. The van der Waals surface area contributed by atoms with Crippen molar-refractivity contribution in [1.29, 1.82) is 0 Å². The fourth-order valence-electron chi connectivity index (χ4n) is 4.97. The monoisotopic (exact) mass is 502 g/mol. The van der Waals surface area contributed by atoms with Gasteiger partial charge in [-0.25, -0.2) is 0 Å². The third kappa shape index (κ3) is 5.32. The first-order chi connectivity index (χ1) is 19.3. The molecule has 0 N–H and O–H groups in total. The number of hydrogen-bond donors (Lipinski definition) is 0. The van der Waals surface area contributed by atoms with Gasteiger partial charge in [-0.3, -0.25) is 0 Å². The van der Waals surface area contributed by atoms with Gasteiger partial charge in [-0.2, -0.15) is 0 Å². The van der Waals surface area contributed by atoms with E-state index in [1.54, 1.807) is 0 Å². The zero-order chi connectivity index (χ0) is 26.4. The van der Waals surface area contributed by atoms with Crippen molar-refractivity contribution in [2.24, 2.45) is 0 Å². The number of nitrogens with zero attached hydrogens (tertiary/aromatic N) is 2. The lowest BCUT2D eigenvalue weighted by molar-refractivity contribution is 1.25. The molecule has 0 spiro atoms. The summed E-state index contributed by atoms with van der Waals surface area (Å²) in [6.07, 6.45) is 0. The van der Waals surface area contributed by atoms with Gasteiger partial charge in [0.05, 0.1) is 0 Å². The molecule has 0 fully saturated rings. The summed E-state index contributed by atoms with van der Waals surface area (Å²) in [5, 5.41) is 0. The van der Waals surface area contributed by atoms with Gasteiger partial charge >= 0.3 is 0 Å². The maximum absolute atomic E-state index is 2.33. The molecule has 0 radical (unpaired) electrons. The zero-order valence-electron chi connectivity index (χ0n) is 22.0. The second kappa shape index (κ2) is 11.1. The van der Waals surface area contributed by atoms with Crippen LogP contribution in [0.15, 0.2) is 164 Å². The van der Waals surface area contributed by atoms with Crippen LogP contribution in [0, 0.1) is 6.92 Å². The summed E-state index contributed by atoms with van der Waals surface area (Å²) in [4.78, 5) is 4.66. The zero-order valence-corrected chi connectivity index (χ0v) is 22.0. The Kier molecular flexibility index (Phi) is 6.92. The van der Waals surface area contributed by atoms with Crippen molar-refractivity contribution in [3.8, 4) is 11.1 Å². The van der Waals surface area contributed by atoms with E-state index < -0.39 is 0 Å². The molecular weight excluding hydrogens is 472 g/mol. The normalized spacial score (nSPS) is 10.7. The van der Waals surface area contributed by atoms with Crippen molar-refractivity contribution >= 4 is 34.1 Å². The fraction of sp³-hybridized carbons (Fsp3) is 0.0270. The SMILES string of the molecule is Cc1ccc(-c2cc(N(c3ccccc3)c3ccccc3)cc(N(c3ccccc3)c3ccccc3)c2)cc1. The van der Waals surface area contributed by atoms with Crippen molar-refractivity contribution in [2.45, 2.75) is 6.92 Å². The Hall–Kier alpha value is -5.08. The Balaban J connectivity index is 1.61. The second-order valence-corrected chi connectivity index (χ2v) is 9.62. The molecule has 6 aromatic carbocycles. The van der Waals surface area contributed by atoms with Crippen LogP contribution < -0.4 is 9.80 Å². The lowest BCUT2D eigenvalue weighted by Crippen LogP contribution is -2.13. The standard InChI is InChI=1S/C37H30N2/c1-29-22-24-30(25-23-29)31-26-36(38(32-14-6-2-7-15-32)33-16-8-3-9-17-33)28-37(27-31)39(34-18-10-4-11-19-34)35-20-12-5-13-21-35/h2-28H,1H3. The van der Waals surface area contributed by atoms with Crippen LogP contribution in [0.4, 0.5) is 34.1 Å². The van der Waals surface area contributed by atoms with E-state index in [1.165, 1.54) is 11.1 Å². The highest BCUT2D eigenvalue weighted by atomic mass is 15.2. The van der Waals surface area contributed by atoms with Crippen molar-refractivity contribution in [3.63, 3.8) is 0 Å². The highest BCUT2D eigenvalue weighted by molar-refractivity contribution is 5.87. The van der Waals surface area contributed by atoms with E-state index in [0.717, 1.165) is 39.7 Å². The predicted octanol–water partition coefficient (Wildman–Crippen LogP) is 10.6. The minimum Gasteiger partial charge on any atom is -0.310 e. The Morgan fingerprint density at radius 1 is 0.308 bits per heavy atom. The first-order valence-corrected chi connectivity index (χ1v) is 13.3. The van der Waals surface area contributed by atoms with Crippen molar-refractivity contribution in [2.75, 3.05) is 9.80 Å². The van der Waals surface area contributed by atoms with Crippen LogP contribution in [0.5, 0.6) is 0 Å². The lowest BCUT2D eigenvalue weighted by atomic mass is 10.0. The summed E-state index contributed by atoms with van der Waals surface area (Å²) >= 11 is 0. The predicted molar refractivity (Wildman–Crippen MR) is 166 cm³/mol. The molecule has 0 bridgehead atoms. The molecule has 0 amide bonds. The van der Waals surface area contributed by atoms with Gasteiger partial charge in [-0.1, -0.05) is 103 Å². The Morgan fingerprint density at radius 2 is 0.641 bits per heavy atom. The summed E-state index contributed by atoms with van der Waals surface area (Å²) in [5.41, 5.74) is 10.2. The summed E-state index contributed by atoms with van der Waals surface area (Å²) < 4.78 is 0. The number of aryl methyl sites for hydroxylation is 1. The van der Waals surface area contributed by atoms with Crippen LogP contribution in [-0.2, 0) is 0 Å². The van der Waals surface area contributed by atoms with E-state index >= 15 is 0 Å². The van der Waals surface area contributed by atoms with E-state index in [-0.39, 0.29) is 0 Å². The minimum atomic E-state index is 1.09. The van der Waals surface area contributed by atoms with Gasteiger partial charge in [0.1, 0.15) is 0 Å². The molecule has 2 heteroatoms. The Labute approximate surface area is 231 Å². The molecule has 6 rings (SSSR count). The molecule has 0 aromatic heterocycles. The van der Waals surface area contributed by atoms with Crippen LogP contribution >= 0.6 is 0 Å². The number of anilines is 6. The molecular formula is C37H30N2. The van der Waals surface area contributed by atoms with E-state index in [2.05, 4.69) is 181 Å². The third-order valence-electron chi connectivity index (χ3n) is 6.86. The van der Waals surface area contributed by atoms with Crippen LogP contribution in [0.25, 0.3) is 11.1 Å².